The van der Waals surface area contributed by atoms with Crippen LogP contribution in [0.1, 0.15) is 24.3 Å². The first-order valence-electron chi connectivity index (χ1n) is 6.46. The van der Waals surface area contributed by atoms with Gasteiger partial charge in [0.25, 0.3) is 0 Å². The van der Waals surface area contributed by atoms with E-state index in [2.05, 4.69) is 10.6 Å². The fourth-order valence-corrected chi connectivity index (χ4v) is 2.51. The molecule has 0 spiro atoms. The first kappa shape index (κ1) is 12.0. The summed E-state index contributed by atoms with van der Waals surface area (Å²) in [5, 5.41) is 15.1. The Bertz CT molecular complexity index is 537. The molecule has 3 rings (SSSR count). The van der Waals surface area contributed by atoms with Crippen LogP contribution in [0.3, 0.4) is 0 Å². The second kappa shape index (κ2) is 4.26. The normalized spacial score (nSPS) is 22.2. The highest BCUT2D eigenvalue weighted by Crippen LogP contribution is 2.45. The summed E-state index contributed by atoms with van der Waals surface area (Å²) >= 11 is 0. The molecule has 1 aromatic rings. The molecule has 3 N–H and O–H groups in total. The van der Waals surface area contributed by atoms with Crippen molar-refractivity contribution in [1.82, 2.24) is 5.32 Å². The first-order valence-corrected chi connectivity index (χ1v) is 6.46. The number of amides is 1. The number of carboxylic acids is 1. The first-order chi connectivity index (χ1) is 9.12. The highest BCUT2D eigenvalue weighted by atomic mass is 16.4. The van der Waals surface area contributed by atoms with E-state index in [1.165, 1.54) is 0 Å². The van der Waals surface area contributed by atoms with E-state index in [1.807, 2.05) is 24.3 Å². The Morgan fingerprint density at radius 1 is 1.37 bits per heavy atom. The van der Waals surface area contributed by atoms with E-state index in [4.69, 9.17) is 5.11 Å². The van der Waals surface area contributed by atoms with E-state index >= 15 is 0 Å². The predicted octanol–water partition coefficient (Wildman–Crippen LogP) is 1.18. The van der Waals surface area contributed by atoms with Gasteiger partial charge in [0.05, 0.1) is 11.3 Å². The maximum atomic E-state index is 12.2. The van der Waals surface area contributed by atoms with E-state index in [1.54, 1.807) is 0 Å². The number of carbonyl (C=O) groups is 2. The number of aliphatic carboxylic acids is 1. The van der Waals surface area contributed by atoms with E-state index in [0.717, 1.165) is 11.3 Å². The zero-order valence-corrected chi connectivity index (χ0v) is 10.5. The lowest BCUT2D eigenvalue weighted by Crippen LogP contribution is -2.37. The second-order valence-electron chi connectivity index (χ2n) is 5.32. The molecule has 1 saturated carbocycles. The maximum absolute atomic E-state index is 12.2. The molecule has 0 bridgehead atoms. The standard InChI is InChI=1S/C14H16N2O3/c17-12(16-8-14(5-6-14)13(18)19)10-7-15-11-4-2-1-3-9(10)11/h1-4,10,15H,5-8H2,(H,16,17)(H,18,19). The number of carbonyl (C=O) groups excluding carboxylic acids is 1. The van der Waals surface area contributed by atoms with Crippen molar-refractivity contribution < 1.29 is 14.7 Å². The van der Waals surface area contributed by atoms with Gasteiger partial charge in [0.1, 0.15) is 0 Å². The summed E-state index contributed by atoms with van der Waals surface area (Å²) in [6, 6.07) is 7.72. The molecule has 1 amide bonds. The van der Waals surface area contributed by atoms with Crippen LogP contribution in [0.4, 0.5) is 5.69 Å². The van der Waals surface area contributed by atoms with Crippen LogP contribution in [0.25, 0.3) is 0 Å². The number of anilines is 1. The zero-order valence-electron chi connectivity index (χ0n) is 10.5. The summed E-state index contributed by atoms with van der Waals surface area (Å²) in [6.45, 7) is 0.811. The van der Waals surface area contributed by atoms with E-state index in [-0.39, 0.29) is 18.4 Å². The van der Waals surface area contributed by atoms with Crippen LogP contribution >= 0.6 is 0 Å². The molecule has 19 heavy (non-hydrogen) atoms. The largest absolute Gasteiger partial charge is 0.481 e. The molecule has 0 saturated heterocycles. The van der Waals surface area contributed by atoms with Crippen LogP contribution in [0.2, 0.25) is 0 Å². The third-order valence-corrected chi connectivity index (χ3v) is 4.06. The Kier molecular flexibility index (Phi) is 2.69. The minimum absolute atomic E-state index is 0.0926. The fraction of sp³-hybridized carbons (Fsp3) is 0.429. The van der Waals surface area contributed by atoms with Gasteiger partial charge in [-0.2, -0.15) is 0 Å². The molecule has 1 fully saturated rings. The van der Waals surface area contributed by atoms with E-state index in [9.17, 15) is 9.59 Å². The van der Waals surface area contributed by atoms with Crippen molar-refractivity contribution in [2.45, 2.75) is 18.8 Å². The lowest BCUT2D eigenvalue weighted by molar-refractivity contribution is -0.143. The minimum Gasteiger partial charge on any atom is -0.481 e. The molecule has 0 aromatic heterocycles. The lowest BCUT2D eigenvalue weighted by Gasteiger charge is -2.14. The fourth-order valence-electron chi connectivity index (χ4n) is 2.51. The monoisotopic (exact) mass is 260 g/mol. The summed E-state index contributed by atoms with van der Waals surface area (Å²) in [4.78, 5) is 23.2. The molecule has 0 radical (unpaired) electrons. The van der Waals surface area contributed by atoms with Gasteiger partial charge in [-0.25, -0.2) is 0 Å². The van der Waals surface area contributed by atoms with Gasteiger partial charge in [0.2, 0.25) is 5.91 Å². The van der Waals surface area contributed by atoms with Crippen molar-refractivity contribution in [3.8, 4) is 0 Å². The number of fused-ring (bicyclic) bond motifs is 1. The molecule has 1 aliphatic heterocycles. The van der Waals surface area contributed by atoms with Crippen molar-refractivity contribution in [3.63, 3.8) is 0 Å². The summed E-state index contributed by atoms with van der Waals surface area (Å²) in [6.07, 6.45) is 1.31. The van der Waals surface area contributed by atoms with Crippen molar-refractivity contribution in [1.29, 1.82) is 0 Å². The van der Waals surface area contributed by atoms with Gasteiger partial charge < -0.3 is 15.7 Å². The molecular weight excluding hydrogens is 244 g/mol. The lowest BCUT2D eigenvalue weighted by atomic mass is 10.00. The summed E-state index contributed by atoms with van der Waals surface area (Å²) in [5.74, 6) is -1.12. The molecule has 2 aliphatic rings. The van der Waals surface area contributed by atoms with Gasteiger partial charge in [0.15, 0.2) is 0 Å². The van der Waals surface area contributed by atoms with Crippen LogP contribution < -0.4 is 10.6 Å². The van der Waals surface area contributed by atoms with Crippen molar-refractivity contribution in [2.24, 2.45) is 5.41 Å². The summed E-state index contributed by atoms with van der Waals surface area (Å²) in [5.41, 5.74) is 1.27. The van der Waals surface area contributed by atoms with Crippen molar-refractivity contribution >= 4 is 17.6 Å². The Morgan fingerprint density at radius 2 is 2.11 bits per heavy atom. The SMILES string of the molecule is O=C(NCC1(C(=O)O)CC1)C1CNc2ccccc21. The number of rotatable bonds is 4. The molecule has 1 aliphatic carbocycles. The Morgan fingerprint density at radius 3 is 2.79 bits per heavy atom. The zero-order chi connectivity index (χ0) is 13.5. The molecule has 1 heterocycles. The maximum Gasteiger partial charge on any atom is 0.311 e. The Labute approximate surface area is 111 Å². The number of para-hydroxylation sites is 1. The predicted molar refractivity (Wildman–Crippen MR) is 70.0 cm³/mol. The second-order valence-corrected chi connectivity index (χ2v) is 5.32. The van der Waals surface area contributed by atoms with Crippen LogP contribution in [0, 0.1) is 5.41 Å². The average Bonchev–Trinajstić information content (AvgIpc) is 3.09. The molecule has 1 atom stereocenters. The van der Waals surface area contributed by atoms with Gasteiger partial charge >= 0.3 is 5.97 Å². The third kappa shape index (κ3) is 2.05. The van der Waals surface area contributed by atoms with Crippen molar-refractivity contribution in [2.75, 3.05) is 18.4 Å². The molecule has 5 nitrogen and oxygen atoms in total. The van der Waals surface area contributed by atoms with E-state index in [0.29, 0.717) is 19.4 Å². The number of hydrogen-bond acceptors (Lipinski definition) is 3. The highest BCUT2D eigenvalue weighted by Gasteiger charge is 2.50. The topological polar surface area (TPSA) is 78.4 Å². The quantitative estimate of drug-likeness (QED) is 0.759. The van der Waals surface area contributed by atoms with Crippen LogP contribution in [0.15, 0.2) is 24.3 Å². The Hall–Kier alpha value is -2.04. The molecule has 1 aromatic carbocycles. The van der Waals surface area contributed by atoms with Gasteiger partial charge in [-0.1, -0.05) is 18.2 Å². The van der Waals surface area contributed by atoms with Gasteiger partial charge in [-0.05, 0) is 24.5 Å². The van der Waals surface area contributed by atoms with Crippen molar-refractivity contribution in [3.05, 3.63) is 29.8 Å². The summed E-state index contributed by atoms with van der Waals surface area (Å²) in [7, 11) is 0. The highest BCUT2D eigenvalue weighted by molar-refractivity contribution is 5.89. The van der Waals surface area contributed by atoms with Crippen LogP contribution in [-0.2, 0) is 9.59 Å². The minimum atomic E-state index is -0.808. The number of carboxylic acid groups (broad SMARTS) is 1. The van der Waals surface area contributed by atoms with Crippen LogP contribution in [-0.4, -0.2) is 30.1 Å². The molecule has 100 valence electrons. The molecule has 5 heteroatoms. The number of nitrogens with one attached hydrogen (secondary N) is 2. The van der Waals surface area contributed by atoms with E-state index < -0.39 is 11.4 Å². The molecular formula is C14H16N2O3. The third-order valence-electron chi connectivity index (χ3n) is 4.06. The summed E-state index contributed by atoms with van der Waals surface area (Å²) < 4.78 is 0. The smallest absolute Gasteiger partial charge is 0.311 e. The number of hydrogen-bond donors (Lipinski definition) is 3. The average molecular weight is 260 g/mol. The van der Waals surface area contributed by atoms with Gasteiger partial charge in [0, 0.05) is 18.8 Å². The van der Waals surface area contributed by atoms with Crippen LogP contribution in [0.5, 0.6) is 0 Å². The number of benzene rings is 1. The van der Waals surface area contributed by atoms with Gasteiger partial charge in [-0.3, -0.25) is 9.59 Å². The Balaban J connectivity index is 1.65. The van der Waals surface area contributed by atoms with Gasteiger partial charge in [-0.15, -0.1) is 0 Å². The molecule has 1 unspecified atom stereocenters.